The van der Waals surface area contributed by atoms with Crippen molar-refractivity contribution in [3.63, 3.8) is 0 Å². The van der Waals surface area contributed by atoms with Crippen molar-refractivity contribution in [2.75, 3.05) is 12.0 Å². The molecule has 0 radical (unpaired) electrons. The third kappa shape index (κ3) is 4.88. The number of aromatic nitrogens is 1. The number of anilines is 1. The molecule has 0 spiro atoms. The van der Waals surface area contributed by atoms with Crippen LogP contribution in [0.2, 0.25) is 5.02 Å². The lowest BCUT2D eigenvalue weighted by atomic mass is 10.2. The lowest BCUT2D eigenvalue weighted by molar-refractivity contribution is -0.384. The number of hydrazone groups is 1. The molecule has 2 N–H and O–H groups in total. The maximum absolute atomic E-state index is 11.4. The number of carbonyl (C=O) groups is 1. The van der Waals surface area contributed by atoms with Crippen molar-refractivity contribution in [2.24, 2.45) is 5.10 Å². The average Bonchev–Trinajstić information content (AvgIpc) is 2.97. The van der Waals surface area contributed by atoms with Crippen molar-refractivity contribution >= 4 is 45.9 Å². The molecule has 0 saturated carbocycles. The normalized spacial score (nSPS) is 10.8. The van der Waals surface area contributed by atoms with Gasteiger partial charge in [0.15, 0.2) is 0 Å². The highest BCUT2D eigenvalue weighted by atomic mass is 35.5. The lowest BCUT2D eigenvalue weighted by Gasteiger charge is -2.02. The summed E-state index contributed by atoms with van der Waals surface area (Å²) in [5.74, 6) is -0.717. The Morgan fingerprint density at radius 1 is 1.60 bits per heavy atom. The summed E-state index contributed by atoms with van der Waals surface area (Å²) < 4.78 is 4.83. The van der Waals surface area contributed by atoms with Crippen molar-refractivity contribution in [1.29, 1.82) is 0 Å². The summed E-state index contributed by atoms with van der Waals surface area (Å²) in [4.78, 5) is 25.9. The number of nitrogens with one attached hydrogen (secondary N) is 1. The third-order valence-corrected chi connectivity index (χ3v) is 3.96. The highest BCUT2D eigenvalue weighted by molar-refractivity contribution is 7.13. The Balaban J connectivity index is 2.10. The Bertz CT molecular complexity index is 824. The molecule has 25 heavy (non-hydrogen) atoms. The number of aromatic hydroxyl groups is 1. The summed E-state index contributed by atoms with van der Waals surface area (Å²) in [7, 11) is 0. The van der Waals surface area contributed by atoms with Crippen LogP contribution in [0.5, 0.6) is 5.75 Å². The predicted molar refractivity (Wildman–Crippen MR) is 93.4 cm³/mol. The highest BCUT2D eigenvalue weighted by Crippen LogP contribution is 2.33. The second kappa shape index (κ2) is 8.40. The zero-order chi connectivity index (χ0) is 18.4. The van der Waals surface area contributed by atoms with E-state index >= 15 is 0 Å². The number of thiazole rings is 1. The largest absolute Gasteiger partial charge is 0.507 e. The first-order valence-electron chi connectivity index (χ1n) is 6.97. The second-order valence-corrected chi connectivity index (χ2v) is 5.85. The molecule has 0 aliphatic rings. The number of esters is 1. The van der Waals surface area contributed by atoms with Crippen LogP contribution in [0.1, 0.15) is 18.2 Å². The smallest absolute Gasteiger partial charge is 0.311 e. The number of benzene rings is 1. The quantitative estimate of drug-likeness (QED) is 0.325. The number of hydrogen-bond donors (Lipinski definition) is 2. The Labute approximate surface area is 151 Å². The molecule has 2 aromatic rings. The number of rotatable bonds is 7. The number of nitro groups is 1. The van der Waals surface area contributed by atoms with Crippen LogP contribution in [0.15, 0.2) is 22.6 Å². The SMILES string of the molecule is CCOC(=O)Cc1csc(NN=Cc2c(O)ccc(Cl)c2[N+](=O)[O-])n1. The van der Waals surface area contributed by atoms with Gasteiger partial charge in [-0.15, -0.1) is 11.3 Å². The van der Waals surface area contributed by atoms with Crippen molar-refractivity contribution in [2.45, 2.75) is 13.3 Å². The Kier molecular flexibility index (Phi) is 6.25. The van der Waals surface area contributed by atoms with Gasteiger partial charge in [-0.05, 0) is 19.1 Å². The van der Waals surface area contributed by atoms with Gasteiger partial charge in [-0.1, -0.05) is 11.6 Å². The van der Waals surface area contributed by atoms with E-state index in [9.17, 15) is 20.0 Å². The first-order valence-corrected chi connectivity index (χ1v) is 8.23. The molecule has 132 valence electrons. The van der Waals surface area contributed by atoms with Crippen LogP contribution in [0.25, 0.3) is 0 Å². The average molecular weight is 385 g/mol. The van der Waals surface area contributed by atoms with E-state index in [1.807, 2.05) is 0 Å². The van der Waals surface area contributed by atoms with Crippen LogP contribution in [0, 0.1) is 10.1 Å². The number of halogens is 1. The summed E-state index contributed by atoms with van der Waals surface area (Å²) in [6.45, 7) is 2.01. The first-order chi connectivity index (χ1) is 11.9. The number of phenolic OH excluding ortho intramolecular Hbond substituents is 1. The van der Waals surface area contributed by atoms with Crippen molar-refractivity contribution in [1.82, 2.24) is 4.98 Å². The molecule has 0 amide bonds. The van der Waals surface area contributed by atoms with Gasteiger partial charge in [-0.25, -0.2) is 4.98 Å². The van der Waals surface area contributed by atoms with Gasteiger partial charge in [0.2, 0.25) is 5.13 Å². The Morgan fingerprint density at radius 3 is 3.04 bits per heavy atom. The van der Waals surface area contributed by atoms with Crippen LogP contribution in [0.4, 0.5) is 10.8 Å². The van der Waals surface area contributed by atoms with E-state index in [0.29, 0.717) is 17.4 Å². The summed E-state index contributed by atoms with van der Waals surface area (Å²) in [6.07, 6.45) is 1.11. The molecule has 2 rings (SSSR count). The van der Waals surface area contributed by atoms with Gasteiger partial charge in [0.05, 0.1) is 29.9 Å². The summed E-state index contributed by atoms with van der Waals surface area (Å²) in [6, 6.07) is 2.46. The second-order valence-electron chi connectivity index (χ2n) is 4.58. The van der Waals surface area contributed by atoms with Gasteiger partial charge >= 0.3 is 5.97 Å². The number of carbonyl (C=O) groups excluding carboxylic acids is 1. The minimum atomic E-state index is -0.704. The zero-order valence-electron chi connectivity index (χ0n) is 12.9. The molecule has 0 saturated heterocycles. The molecule has 9 nitrogen and oxygen atoms in total. The van der Waals surface area contributed by atoms with E-state index in [2.05, 4.69) is 15.5 Å². The molecule has 11 heteroatoms. The van der Waals surface area contributed by atoms with Gasteiger partial charge < -0.3 is 9.84 Å². The molecule has 0 atom stereocenters. The van der Waals surface area contributed by atoms with Crippen LogP contribution >= 0.6 is 22.9 Å². The van der Waals surface area contributed by atoms with E-state index < -0.39 is 10.6 Å². The monoisotopic (exact) mass is 384 g/mol. The van der Waals surface area contributed by atoms with Gasteiger partial charge in [-0.3, -0.25) is 20.3 Å². The topological polar surface area (TPSA) is 127 Å². The number of nitrogens with zero attached hydrogens (tertiary/aromatic N) is 3. The number of phenols is 1. The third-order valence-electron chi connectivity index (χ3n) is 2.86. The molecule has 0 aliphatic heterocycles. The van der Waals surface area contributed by atoms with Gasteiger partial charge in [0.25, 0.3) is 5.69 Å². The number of hydrogen-bond acceptors (Lipinski definition) is 9. The minimum Gasteiger partial charge on any atom is -0.507 e. The fourth-order valence-corrected chi connectivity index (χ4v) is 2.73. The van der Waals surface area contributed by atoms with Crippen LogP contribution < -0.4 is 5.43 Å². The van der Waals surface area contributed by atoms with E-state index in [4.69, 9.17) is 16.3 Å². The summed E-state index contributed by atoms with van der Waals surface area (Å²) >= 11 is 6.98. The lowest BCUT2D eigenvalue weighted by Crippen LogP contribution is -2.07. The standard InChI is InChI=1S/C14H13ClN4O5S/c1-2-24-12(21)5-8-7-25-14(17-8)18-16-6-9-11(20)4-3-10(15)13(9)19(22)23/h3-4,6-7,20H,2,5H2,1H3,(H,17,18). The summed E-state index contributed by atoms with van der Waals surface area (Å²) in [5, 5.41) is 26.6. The molecule has 0 bridgehead atoms. The van der Waals surface area contributed by atoms with Gasteiger partial charge in [0, 0.05) is 5.38 Å². The molecule has 0 fully saturated rings. The molecule has 1 aromatic carbocycles. The van der Waals surface area contributed by atoms with Gasteiger partial charge in [-0.2, -0.15) is 5.10 Å². The fraction of sp³-hybridized carbons (Fsp3) is 0.214. The van der Waals surface area contributed by atoms with Crippen LogP contribution in [-0.2, 0) is 16.0 Å². The van der Waals surface area contributed by atoms with Crippen molar-refractivity contribution in [3.05, 3.63) is 43.9 Å². The van der Waals surface area contributed by atoms with E-state index in [1.165, 1.54) is 23.5 Å². The number of ether oxygens (including phenoxy) is 1. The summed E-state index contributed by atoms with van der Waals surface area (Å²) in [5.41, 5.74) is 2.51. The maximum Gasteiger partial charge on any atom is 0.311 e. The molecule has 1 heterocycles. The number of nitro benzene ring substituents is 1. The molecule has 0 unspecified atom stereocenters. The molecular formula is C14H13ClN4O5S. The zero-order valence-corrected chi connectivity index (χ0v) is 14.5. The maximum atomic E-state index is 11.4. The van der Waals surface area contributed by atoms with E-state index in [-0.39, 0.29) is 28.7 Å². The molecular weight excluding hydrogens is 372 g/mol. The Hall–Kier alpha value is -2.72. The highest BCUT2D eigenvalue weighted by Gasteiger charge is 2.21. The fourth-order valence-electron chi connectivity index (χ4n) is 1.84. The molecule has 1 aromatic heterocycles. The molecule has 0 aliphatic carbocycles. The van der Waals surface area contributed by atoms with E-state index in [0.717, 1.165) is 6.21 Å². The van der Waals surface area contributed by atoms with Crippen LogP contribution in [-0.4, -0.2) is 33.8 Å². The van der Waals surface area contributed by atoms with Crippen LogP contribution in [0.3, 0.4) is 0 Å². The van der Waals surface area contributed by atoms with Gasteiger partial charge in [0.1, 0.15) is 16.3 Å². The predicted octanol–water partition coefficient (Wildman–Crippen LogP) is 2.96. The minimum absolute atomic E-state index is 0.0380. The van der Waals surface area contributed by atoms with Crippen molar-refractivity contribution < 1.29 is 19.6 Å². The Morgan fingerprint density at radius 2 is 2.36 bits per heavy atom. The first kappa shape index (κ1) is 18.6. The van der Waals surface area contributed by atoms with Crippen molar-refractivity contribution in [3.8, 4) is 5.75 Å². The van der Waals surface area contributed by atoms with E-state index in [1.54, 1.807) is 12.3 Å².